The Bertz CT molecular complexity index is 861. The molecule has 0 atom stereocenters. The standard InChI is InChI=1S/C18H19N3O2S/c1-2-3-9-14-21-18(19-15-10-5-4-6-11-15)20-16-12-7-8-13-17(16)24(21,22)23/h2,4-8,10-13H,1,3,9,14H2,(H,19,20). The number of guanidine groups is 1. The number of rotatable bonds is 5. The monoisotopic (exact) mass is 341 g/mol. The highest BCUT2D eigenvalue weighted by Gasteiger charge is 2.33. The van der Waals surface area contributed by atoms with Crippen LogP contribution in [0, 0.1) is 0 Å². The van der Waals surface area contributed by atoms with Gasteiger partial charge in [-0.3, -0.25) is 0 Å². The van der Waals surface area contributed by atoms with Crippen molar-refractivity contribution in [2.24, 2.45) is 4.99 Å². The molecule has 1 N–H and O–H groups in total. The van der Waals surface area contributed by atoms with Crippen LogP contribution in [0.15, 0.2) is 77.1 Å². The Hall–Kier alpha value is -2.60. The molecule has 2 aromatic rings. The van der Waals surface area contributed by atoms with Crippen molar-refractivity contribution >= 4 is 27.4 Å². The second-order valence-corrected chi connectivity index (χ2v) is 7.23. The summed E-state index contributed by atoms with van der Waals surface area (Å²) in [6.07, 6.45) is 3.21. The third kappa shape index (κ3) is 3.19. The zero-order valence-corrected chi connectivity index (χ0v) is 14.0. The van der Waals surface area contributed by atoms with E-state index in [0.717, 1.165) is 12.1 Å². The van der Waals surface area contributed by atoms with Crippen LogP contribution in [-0.2, 0) is 10.0 Å². The summed E-state index contributed by atoms with van der Waals surface area (Å²) in [5.74, 6) is 0.323. The van der Waals surface area contributed by atoms with Crippen LogP contribution in [0.3, 0.4) is 0 Å². The highest BCUT2D eigenvalue weighted by molar-refractivity contribution is 7.90. The molecule has 0 fully saturated rings. The molecule has 24 heavy (non-hydrogen) atoms. The fourth-order valence-corrected chi connectivity index (χ4v) is 4.07. The number of hydrogen-bond donors (Lipinski definition) is 1. The second kappa shape index (κ2) is 6.88. The predicted molar refractivity (Wildman–Crippen MR) is 96.9 cm³/mol. The first kappa shape index (κ1) is 16.3. The molecule has 1 aliphatic heterocycles. The molecule has 124 valence electrons. The molecule has 1 aliphatic rings. The minimum absolute atomic E-state index is 0.238. The van der Waals surface area contributed by atoms with Crippen LogP contribution < -0.4 is 5.32 Å². The highest BCUT2D eigenvalue weighted by atomic mass is 32.2. The van der Waals surface area contributed by atoms with Crippen LogP contribution in [0.2, 0.25) is 0 Å². The number of aliphatic imine (C=N–C) groups is 1. The van der Waals surface area contributed by atoms with Gasteiger partial charge in [-0.05, 0) is 37.1 Å². The Kier molecular flexibility index (Phi) is 4.66. The number of nitrogens with one attached hydrogen (secondary N) is 1. The van der Waals surface area contributed by atoms with E-state index in [2.05, 4.69) is 16.9 Å². The summed E-state index contributed by atoms with van der Waals surface area (Å²) in [6, 6.07) is 16.2. The van der Waals surface area contributed by atoms with Gasteiger partial charge in [0.2, 0.25) is 5.96 Å². The third-order valence-corrected chi connectivity index (χ3v) is 5.53. The fourth-order valence-electron chi connectivity index (χ4n) is 2.52. The second-order valence-electron chi connectivity index (χ2n) is 5.40. The van der Waals surface area contributed by atoms with Crippen molar-refractivity contribution in [1.82, 2.24) is 4.31 Å². The number of allylic oxidation sites excluding steroid dienone is 1. The molecular weight excluding hydrogens is 322 g/mol. The van der Waals surface area contributed by atoms with Gasteiger partial charge >= 0.3 is 0 Å². The Morgan fingerprint density at radius 2 is 1.79 bits per heavy atom. The minimum atomic E-state index is -3.63. The smallest absolute Gasteiger partial charge is 0.268 e. The van der Waals surface area contributed by atoms with Crippen molar-refractivity contribution in [2.45, 2.75) is 17.7 Å². The lowest BCUT2D eigenvalue weighted by Gasteiger charge is -2.30. The molecule has 0 spiro atoms. The summed E-state index contributed by atoms with van der Waals surface area (Å²) in [4.78, 5) is 4.76. The first-order valence-corrected chi connectivity index (χ1v) is 9.20. The molecule has 0 saturated heterocycles. The van der Waals surface area contributed by atoms with Crippen molar-refractivity contribution in [3.63, 3.8) is 0 Å². The first-order valence-electron chi connectivity index (χ1n) is 7.76. The predicted octanol–water partition coefficient (Wildman–Crippen LogP) is 3.76. The fraction of sp³-hybridized carbons (Fsp3) is 0.167. The quantitative estimate of drug-likeness (QED) is 0.665. The number of fused-ring (bicyclic) bond motifs is 1. The van der Waals surface area contributed by atoms with Gasteiger partial charge < -0.3 is 5.32 Å². The number of benzene rings is 2. The summed E-state index contributed by atoms with van der Waals surface area (Å²) >= 11 is 0. The van der Waals surface area contributed by atoms with E-state index >= 15 is 0 Å². The van der Waals surface area contributed by atoms with Gasteiger partial charge in [-0.2, -0.15) is 0 Å². The summed E-state index contributed by atoms with van der Waals surface area (Å²) in [7, 11) is -3.63. The molecule has 0 amide bonds. The normalized spacial score (nSPS) is 15.3. The Morgan fingerprint density at radius 1 is 1.08 bits per heavy atom. The average Bonchev–Trinajstić information content (AvgIpc) is 2.59. The van der Waals surface area contributed by atoms with Gasteiger partial charge in [-0.1, -0.05) is 36.4 Å². The molecular formula is C18H19N3O2S. The minimum Gasteiger partial charge on any atom is -0.325 e. The Labute approximate surface area is 142 Å². The summed E-state index contributed by atoms with van der Waals surface area (Å²) in [6.45, 7) is 4.04. The van der Waals surface area contributed by atoms with Gasteiger partial charge in [0.05, 0.1) is 5.69 Å². The molecule has 0 radical (unpaired) electrons. The van der Waals surface area contributed by atoms with Gasteiger partial charge in [0, 0.05) is 12.2 Å². The maximum absolute atomic E-state index is 13.0. The van der Waals surface area contributed by atoms with Gasteiger partial charge in [0.15, 0.2) is 0 Å². The molecule has 0 bridgehead atoms. The topological polar surface area (TPSA) is 61.8 Å². The van der Waals surface area contributed by atoms with E-state index in [1.54, 1.807) is 30.3 Å². The molecule has 5 nitrogen and oxygen atoms in total. The number of anilines is 1. The van der Waals surface area contributed by atoms with E-state index in [1.165, 1.54) is 4.31 Å². The lowest BCUT2D eigenvalue weighted by molar-refractivity contribution is 0.509. The lowest BCUT2D eigenvalue weighted by Crippen LogP contribution is -2.43. The summed E-state index contributed by atoms with van der Waals surface area (Å²) < 4.78 is 27.3. The summed E-state index contributed by atoms with van der Waals surface area (Å²) in [5, 5.41) is 3.13. The van der Waals surface area contributed by atoms with Crippen LogP contribution in [0.25, 0.3) is 0 Å². The highest BCUT2D eigenvalue weighted by Crippen LogP contribution is 2.32. The number of sulfonamides is 1. The van der Waals surface area contributed by atoms with Crippen LogP contribution in [0.4, 0.5) is 11.4 Å². The largest absolute Gasteiger partial charge is 0.325 e. The van der Waals surface area contributed by atoms with Crippen LogP contribution in [0.5, 0.6) is 0 Å². The zero-order chi connectivity index (χ0) is 17.0. The van der Waals surface area contributed by atoms with Crippen LogP contribution >= 0.6 is 0 Å². The molecule has 2 aromatic carbocycles. The van der Waals surface area contributed by atoms with Gasteiger partial charge in [-0.25, -0.2) is 17.7 Å². The van der Waals surface area contributed by atoms with Gasteiger partial charge in [-0.15, -0.1) is 6.58 Å². The molecule has 1 heterocycles. The van der Waals surface area contributed by atoms with E-state index in [1.807, 2.05) is 30.3 Å². The average molecular weight is 341 g/mol. The molecule has 0 saturated carbocycles. The first-order chi connectivity index (χ1) is 11.6. The number of nitrogens with zero attached hydrogens (tertiary/aromatic N) is 2. The summed E-state index contributed by atoms with van der Waals surface area (Å²) in [5.41, 5.74) is 1.25. The Morgan fingerprint density at radius 3 is 2.54 bits per heavy atom. The van der Waals surface area contributed by atoms with Crippen molar-refractivity contribution in [3.8, 4) is 0 Å². The Balaban J connectivity index is 2.01. The van der Waals surface area contributed by atoms with Gasteiger partial charge in [0.25, 0.3) is 10.0 Å². The molecule has 6 heteroatoms. The maximum atomic E-state index is 13.0. The number of para-hydroxylation sites is 2. The zero-order valence-electron chi connectivity index (χ0n) is 13.2. The van der Waals surface area contributed by atoms with E-state index in [4.69, 9.17) is 0 Å². The number of hydrogen-bond acceptors (Lipinski definition) is 4. The maximum Gasteiger partial charge on any atom is 0.268 e. The molecule has 3 rings (SSSR count). The van der Waals surface area contributed by atoms with Crippen molar-refractivity contribution in [2.75, 3.05) is 11.9 Å². The lowest BCUT2D eigenvalue weighted by atomic mass is 10.3. The van der Waals surface area contributed by atoms with E-state index in [0.29, 0.717) is 24.6 Å². The third-order valence-electron chi connectivity index (χ3n) is 3.70. The van der Waals surface area contributed by atoms with Crippen LogP contribution in [0.1, 0.15) is 12.8 Å². The van der Waals surface area contributed by atoms with Crippen LogP contribution in [-0.4, -0.2) is 25.2 Å². The van der Waals surface area contributed by atoms with E-state index in [-0.39, 0.29) is 4.90 Å². The van der Waals surface area contributed by atoms with E-state index in [9.17, 15) is 8.42 Å². The SMILES string of the molecule is C=CCCCN1C(Nc2ccccc2)=Nc2ccccc2S1(=O)=O. The van der Waals surface area contributed by atoms with Gasteiger partial charge in [0.1, 0.15) is 4.90 Å². The molecule has 0 unspecified atom stereocenters. The molecule has 0 aliphatic carbocycles. The van der Waals surface area contributed by atoms with Crippen molar-refractivity contribution < 1.29 is 8.42 Å². The molecule has 0 aromatic heterocycles. The number of unbranched alkanes of at least 4 members (excludes halogenated alkanes) is 1. The van der Waals surface area contributed by atoms with E-state index < -0.39 is 10.0 Å². The van der Waals surface area contributed by atoms with Crippen molar-refractivity contribution in [3.05, 3.63) is 67.3 Å². The van der Waals surface area contributed by atoms with Crippen molar-refractivity contribution in [1.29, 1.82) is 0 Å².